The first-order valence-corrected chi connectivity index (χ1v) is 9.41. The number of hydrogen-bond donors (Lipinski definition) is 1. The zero-order chi connectivity index (χ0) is 19.6. The number of aliphatic hydroxyl groups excluding tert-OH is 1. The van der Waals surface area contributed by atoms with E-state index < -0.39 is 18.0 Å². The first-order chi connectivity index (χ1) is 13.0. The van der Waals surface area contributed by atoms with Gasteiger partial charge in [0.05, 0.1) is 14.2 Å². The summed E-state index contributed by atoms with van der Waals surface area (Å²) in [6.07, 6.45) is -0.468. The van der Waals surface area contributed by atoms with E-state index in [0.717, 1.165) is 4.47 Å². The van der Waals surface area contributed by atoms with Crippen molar-refractivity contribution in [1.82, 2.24) is 0 Å². The van der Waals surface area contributed by atoms with Crippen LogP contribution >= 0.6 is 15.9 Å². The summed E-state index contributed by atoms with van der Waals surface area (Å²) >= 11 is 3.40. The highest BCUT2D eigenvalue weighted by molar-refractivity contribution is 9.10. The Kier molecular flexibility index (Phi) is 5.87. The van der Waals surface area contributed by atoms with Crippen molar-refractivity contribution >= 4 is 32.9 Å². The average molecular weight is 433 g/mol. The van der Waals surface area contributed by atoms with Gasteiger partial charge in [0.1, 0.15) is 29.1 Å². The molecule has 0 radical (unpaired) electrons. The highest BCUT2D eigenvalue weighted by Gasteiger charge is 2.31. The predicted molar refractivity (Wildman–Crippen MR) is 106 cm³/mol. The van der Waals surface area contributed by atoms with Crippen LogP contribution in [0.4, 0.5) is 0 Å². The number of esters is 1. The highest BCUT2D eigenvalue weighted by atomic mass is 79.9. The molecular formula is C21H21BrO5. The fourth-order valence-corrected chi connectivity index (χ4v) is 3.46. The third-order valence-electron chi connectivity index (χ3n) is 4.63. The third kappa shape index (κ3) is 3.73. The number of benzene rings is 2. The summed E-state index contributed by atoms with van der Waals surface area (Å²) in [6, 6.07) is 12.7. The number of ether oxygens (including phenoxy) is 2. The van der Waals surface area contributed by atoms with E-state index in [0.29, 0.717) is 40.0 Å². The molecule has 2 unspecified atom stereocenters. The smallest absolute Gasteiger partial charge is 0.316 e. The van der Waals surface area contributed by atoms with Crippen LogP contribution in [0.3, 0.4) is 0 Å². The van der Waals surface area contributed by atoms with Crippen molar-refractivity contribution in [2.45, 2.75) is 25.4 Å². The molecule has 3 rings (SSSR count). The van der Waals surface area contributed by atoms with Gasteiger partial charge in [0.2, 0.25) is 0 Å². The number of fused-ring (bicyclic) bond motifs is 1. The summed E-state index contributed by atoms with van der Waals surface area (Å²) in [5, 5.41) is 11.9. The second kappa shape index (κ2) is 8.15. The Bertz CT molecular complexity index is 945. The van der Waals surface area contributed by atoms with Gasteiger partial charge in [-0.1, -0.05) is 35.0 Å². The van der Waals surface area contributed by atoms with E-state index in [9.17, 15) is 9.90 Å². The second-order valence-electron chi connectivity index (χ2n) is 6.18. The van der Waals surface area contributed by atoms with Crippen molar-refractivity contribution in [3.63, 3.8) is 0 Å². The van der Waals surface area contributed by atoms with Gasteiger partial charge >= 0.3 is 5.97 Å². The Morgan fingerprint density at radius 2 is 1.89 bits per heavy atom. The van der Waals surface area contributed by atoms with Crippen molar-refractivity contribution in [2.24, 2.45) is 0 Å². The molecule has 1 heterocycles. The molecule has 5 nitrogen and oxygen atoms in total. The van der Waals surface area contributed by atoms with Gasteiger partial charge < -0.3 is 19.0 Å². The number of hydrogen-bond acceptors (Lipinski definition) is 5. The molecule has 0 fully saturated rings. The van der Waals surface area contributed by atoms with E-state index in [4.69, 9.17) is 13.9 Å². The number of methoxy groups -OCH3 is 2. The van der Waals surface area contributed by atoms with Crippen LogP contribution in [0.25, 0.3) is 11.0 Å². The van der Waals surface area contributed by atoms with E-state index in [-0.39, 0.29) is 0 Å². The van der Waals surface area contributed by atoms with Crippen LogP contribution in [0.5, 0.6) is 5.75 Å². The van der Waals surface area contributed by atoms with E-state index in [1.54, 1.807) is 19.2 Å². The zero-order valence-electron chi connectivity index (χ0n) is 15.4. The Labute approximate surface area is 166 Å². The minimum atomic E-state index is -0.958. The van der Waals surface area contributed by atoms with Gasteiger partial charge in [-0.25, -0.2) is 0 Å². The molecule has 0 amide bonds. The SMILES string of the molecule is CCC(C(=O)OC)c1oc2ccc(OC)cc2c1C(O)c1ccc(Br)cc1. The summed E-state index contributed by atoms with van der Waals surface area (Å²) in [7, 11) is 2.93. The van der Waals surface area contributed by atoms with Crippen LogP contribution < -0.4 is 4.74 Å². The Hall–Kier alpha value is -2.31. The summed E-state index contributed by atoms with van der Waals surface area (Å²) in [5.74, 6) is 0.0644. The van der Waals surface area contributed by atoms with Gasteiger partial charge in [-0.3, -0.25) is 4.79 Å². The van der Waals surface area contributed by atoms with E-state index in [1.165, 1.54) is 7.11 Å². The van der Waals surface area contributed by atoms with Crippen LogP contribution in [-0.4, -0.2) is 25.3 Å². The molecule has 2 aromatic carbocycles. The van der Waals surface area contributed by atoms with E-state index in [2.05, 4.69) is 15.9 Å². The predicted octanol–water partition coefficient (Wildman–Crippen LogP) is 4.95. The van der Waals surface area contributed by atoms with E-state index >= 15 is 0 Å². The third-order valence-corrected chi connectivity index (χ3v) is 5.16. The molecule has 2 atom stereocenters. The monoisotopic (exact) mass is 432 g/mol. The number of furan rings is 1. The van der Waals surface area contributed by atoms with Crippen molar-refractivity contribution in [3.8, 4) is 5.75 Å². The van der Waals surface area contributed by atoms with Gasteiger partial charge in [0.15, 0.2) is 0 Å². The maximum absolute atomic E-state index is 12.3. The molecule has 0 spiro atoms. The summed E-state index contributed by atoms with van der Waals surface area (Å²) in [6.45, 7) is 1.88. The Morgan fingerprint density at radius 1 is 1.19 bits per heavy atom. The molecule has 0 aliphatic carbocycles. The molecular weight excluding hydrogens is 412 g/mol. The Balaban J connectivity index is 2.23. The minimum absolute atomic E-state index is 0.396. The largest absolute Gasteiger partial charge is 0.497 e. The number of carbonyl (C=O) groups is 1. The molecule has 0 saturated heterocycles. The van der Waals surface area contributed by atoms with Crippen LogP contribution in [-0.2, 0) is 9.53 Å². The summed E-state index contributed by atoms with van der Waals surface area (Å²) in [4.78, 5) is 12.3. The molecule has 142 valence electrons. The van der Waals surface area contributed by atoms with Gasteiger partial charge in [0, 0.05) is 15.4 Å². The van der Waals surface area contributed by atoms with Gasteiger partial charge in [0.25, 0.3) is 0 Å². The van der Waals surface area contributed by atoms with Crippen LogP contribution in [0, 0.1) is 0 Å². The maximum Gasteiger partial charge on any atom is 0.316 e. The number of aliphatic hydroxyl groups is 1. The van der Waals surface area contributed by atoms with Crippen molar-refractivity contribution < 1.29 is 23.8 Å². The first kappa shape index (κ1) is 19.5. The summed E-state index contributed by atoms with van der Waals surface area (Å²) in [5.41, 5.74) is 1.84. The normalized spacial score (nSPS) is 13.4. The Morgan fingerprint density at radius 3 is 2.48 bits per heavy atom. The highest BCUT2D eigenvalue weighted by Crippen LogP contribution is 2.40. The van der Waals surface area contributed by atoms with Crippen molar-refractivity contribution in [3.05, 3.63) is 63.8 Å². The molecule has 6 heteroatoms. The molecule has 27 heavy (non-hydrogen) atoms. The fraction of sp³-hybridized carbons (Fsp3) is 0.286. The van der Waals surface area contributed by atoms with Gasteiger partial charge in [-0.15, -0.1) is 0 Å². The number of rotatable bonds is 6. The molecule has 3 aromatic rings. The van der Waals surface area contributed by atoms with E-state index in [1.807, 2.05) is 37.3 Å². The number of carbonyl (C=O) groups excluding carboxylic acids is 1. The number of halogens is 1. The molecule has 0 saturated carbocycles. The molecule has 0 aliphatic rings. The van der Waals surface area contributed by atoms with Gasteiger partial charge in [-0.2, -0.15) is 0 Å². The van der Waals surface area contributed by atoms with Crippen molar-refractivity contribution in [1.29, 1.82) is 0 Å². The lowest BCUT2D eigenvalue weighted by atomic mass is 9.92. The van der Waals surface area contributed by atoms with Crippen LogP contribution in [0.15, 0.2) is 51.4 Å². The average Bonchev–Trinajstić information content (AvgIpc) is 3.06. The maximum atomic E-state index is 12.3. The minimum Gasteiger partial charge on any atom is -0.497 e. The fourth-order valence-electron chi connectivity index (χ4n) is 3.20. The second-order valence-corrected chi connectivity index (χ2v) is 7.10. The molecule has 0 aliphatic heterocycles. The lowest BCUT2D eigenvalue weighted by molar-refractivity contribution is -0.142. The molecule has 0 bridgehead atoms. The topological polar surface area (TPSA) is 68.9 Å². The summed E-state index contributed by atoms with van der Waals surface area (Å²) < 4.78 is 17.2. The lowest BCUT2D eigenvalue weighted by Crippen LogP contribution is -2.15. The molecule has 1 aromatic heterocycles. The van der Waals surface area contributed by atoms with Crippen molar-refractivity contribution in [2.75, 3.05) is 14.2 Å². The van der Waals surface area contributed by atoms with Crippen LogP contribution in [0.1, 0.15) is 42.3 Å². The quantitative estimate of drug-likeness (QED) is 0.557. The zero-order valence-corrected chi connectivity index (χ0v) is 16.9. The molecule has 1 N–H and O–H groups in total. The first-order valence-electron chi connectivity index (χ1n) is 8.61. The van der Waals surface area contributed by atoms with Crippen LogP contribution in [0.2, 0.25) is 0 Å². The standard InChI is InChI=1S/C21H21BrO5/c1-4-15(21(24)26-3)20-18(19(23)12-5-7-13(22)8-6-12)16-11-14(25-2)9-10-17(16)27-20/h5-11,15,19,23H,4H2,1-3H3. The van der Waals surface area contributed by atoms with Gasteiger partial charge in [-0.05, 0) is 42.3 Å². The lowest BCUT2D eigenvalue weighted by Gasteiger charge is -2.16.